The molecule has 5 aromatic heterocycles. The summed E-state index contributed by atoms with van der Waals surface area (Å²) < 4.78 is 22.4. The van der Waals surface area contributed by atoms with Crippen molar-refractivity contribution in [2.24, 2.45) is 11.1 Å². The van der Waals surface area contributed by atoms with Crippen LogP contribution < -0.4 is 20.3 Å². The van der Waals surface area contributed by atoms with E-state index >= 15 is 0 Å². The zero-order chi connectivity index (χ0) is 27.3. The normalized spacial score (nSPS) is 24.7. The van der Waals surface area contributed by atoms with Gasteiger partial charge >= 0.3 is 0 Å². The summed E-state index contributed by atoms with van der Waals surface area (Å²) in [4.78, 5) is 25.5. The lowest BCUT2D eigenvalue weighted by atomic mass is 9.73. The highest BCUT2D eigenvalue weighted by molar-refractivity contribution is 7.99. The third kappa shape index (κ3) is 3.45. The van der Waals surface area contributed by atoms with Crippen molar-refractivity contribution in [3.05, 3.63) is 60.2 Å². The fraction of sp³-hybridized carbons (Fsp3) is 0.400. The minimum Gasteiger partial charge on any atom is -0.486 e. The molecule has 5 aromatic rings. The van der Waals surface area contributed by atoms with Crippen molar-refractivity contribution in [3.8, 4) is 5.75 Å². The molecule has 1 aliphatic carbocycles. The number of aromatic nitrogens is 5. The van der Waals surface area contributed by atoms with Crippen LogP contribution in [0.4, 0.5) is 16.0 Å². The van der Waals surface area contributed by atoms with Crippen LogP contribution in [-0.2, 0) is 6.42 Å². The number of imidazole rings is 2. The summed E-state index contributed by atoms with van der Waals surface area (Å²) in [5.74, 6) is 2.45. The van der Waals surface area contributed by atoms with Crippen LogP contribution >= 0.6 is 11.8 Å². The predicted octanol–water partition coefficient (Wildman–Crippen LogP) is 4.41. The first-order chi connectivity index (χ1) is 20.1. The molecule has 208 valence electrons. The Hall–Kier alpha value is -3.70. The van der Waals surface area contributed by atoms with Crippen molar-refractivity contribution in [1.82, 2.24) is 24.3 Å². The fourth-order valence-electron chi connectivity index (χ4n) is 7.50. The van der Waals surface area contributed by atoms with E-state index in [-0.39, 0.29) is 17.5 Å². The second kappa shape index (κ2) is 8.65. The van der Waals surface area contributed by atoms with E-state index in [1.165, 1.54) is 5.56 Å². The Bertz CT molecular complexity index is 1800. The molecule has 41 heavy (non-hydrogen) atoms. The van der Waals surface area contributed by atoms with Crippen LogP contribution in [0.5, 0.6) is 5.75 Å². The number of hydrogen-bond donors (Lipinski definition) is 1. The number of halogens is 1. The molecule has 2 N–H and O–H groups in total. The average molecular weight is 569 g/mol. The van der Waals surface area contributed by atoms with Gasteiger partial charge in [0.15, 0.2) is 23.0 Å². The van der Waals surface area contributed by atoms with Crippen molar-refractivity contribution >= 4 is 40.2 Å². The molecule has 0 amide bonds. The van der Waals surface area contributed by atoms with Crippen LogP contribution in [0.2, 0.25) is 0 Å². The van der Waals surface area contributed by atoms with Crippen LogP contribution in [0.15, 0.2) is 58.7 Å². The maximum atomic E-state index is 14.1. The minimum atomic E-state index is -0.840. The van der Waals surface area contributed by atoms with Crippen molar-refractivity contribution in [2.45, 2.75) is 53.7 Å². The molecule has 0 bridgehead atoms. The van der Waals surface area contributed by atoms with Gasteiger partial charge in [0.1, 0.15) is 23.9 Å². The smallest absolute Gasteiger partial charge is 0.175 e. The van der Waals surface area contributed by atoms with Gasteiger partial charge < -0.3 is 20.3 Å². The summed E-state index contributed by atoms with van der Waals surface area (Å²) in [6.07, 6.45) is 8.24. The molecule has 0 unspecified atom stereocenters. The molecule has 0 aromatic carbocycles. The number of hydrogen-bond acceptors (Lipinski definition) is 9. The topological polar surface area (TPSA) is 97.7 Å². The second-order valence-electron chi connectivity index (χ2n) is 11.9. The molecule has 3 aliphatic heterocycles. The Morgan fingerprint density at radius 2 is 1.93 bits per heavy atom. The summed E-state index contributed by atoms with van der Waals surface area (Å²) >= 11 is 1.61. The molecule has 9 rings (SSSR count). The van der Waals surface area contributed by atoms with E-state index in [2.05, 4.69) is 42.4 Å². The van der Waals surface area contributed by atoms with Gasteiger partial charge in [0, 0.05) is 43.6 Å². The second-order valence-corrected chi connectivity index (χ2v) is 12.9. The van der Waals surface area contributed by atoms with Crippen LogP contribution in [0, 0.1) is 5.41 Å². The van der Waals surface area contributed by atoms with Gasteiger partial charge in [-0.2, -0.15) is 0 Å². The number of pyridine rings is 3. The molecule has 1 spiro atoms. The van der Waals surface area contributed by atoms with E-state index in [0.717, 1.165) is 82.0 Å². The number of alkyl halides is 1. The number of ether oxygens (including phenoxy) is 1. The lowest BCUT2D eigenvalue weighted by Crippen LogP contribution is -2.44. The van der Waals surface area contributed by atoms with E-state index < -0.39 is 6.17 Å². The number of rotatable bonds is 3. The molecule has 3 atom stereocenters. The molecular formula is C30H29FN8OS. The maximum absolute atomic E-state index is 14.1. The molecule has 2 saturated heterocycles. The molecule has 8 heterocycles. The van der Waals surface area contributed by atoms with Gasteiger partial charge in [-0.25, -0.2) is 19.3 Å². The van der Waals surface area contributed by atoms with Gasteiger partial charge in [-0.05, 0) is 54.5 Å². The monoisotopic (exact) mass is 568 g/mol. The first-order valence-electron chi connectivity index (χ1n) is 14.3. The average Bonchev–Trinajstić information content (AvgIpc) is 3.75. The summed E-state index contributed by atoms with van der Waals surface area (Å²) in [5, 5.41) is 0. The summed E-state index contributed by atoms with van der Waals surface area (Å²) in [6, 6.07) is 10.3. The Morgan fingerprint density at radius 3 is 2.80 bits per heavy atom. The van der Waals surface area contributed by atoms with E-state index in [1.807, 2.05) is 24.5 Å². The number of fused-ring (bicyclic) bond motifs is 4. The van der Waals surface area contributed by atoms with E-state index in [1.54, 1.807) is 18.0 Å². The summed E-state index contributed by atoms with van der Waals surface area (Å²) in [5.41, 5.74) is 12.0. The zero-order valence-electron chi connectivity index (χ0n) is 22.4. The van der Waals surface area contributed by atoms with Crippen LogP contribution in [0.1, 0.15) is 36.6 Å². The summed E-state index contributed by atoms with van der Waals surface area (Å²) in [6.45, 7) is 2.66. The number of anilines is 2. The van der Waals surface area contributed by atoms with Crippen molar-refractivity contribution in [1.29, 1.82) is 0 Å². The Balaban J connectivity index is 1.00. The van der Waals surface area contributed by atoms with Gasteiger partial charge in [-0.1, -0.05) is 17.8 Å². The highest BCUT2D eigenvalue weighted by atomic mass is 32.2. The molecule has 9 nitrogen and oxygen atoms in total. The van der Waals surface area contributed by atoms with Crippen LogP contribution in [-0.4, -0.2) is 62.8 Å². The van der Waals surface area contributed by atoms with Gasteiger partial charge in [0.2, 0.25) is 0 Å². The molecule has 4 aliphatic rings. The van der Waals surface area contributed by atoms with Crippen molar-refractivity contribution < 1.29 is 9.13 Å². The lowest BCUT2D eigenvalue weighted by Gasteiger charge is -2.42. The first kappa shape index (κ1) is 24.0. The Kier molecular flexibility index (Phi) is 5.06. The molecule has 11 heteroatoms. The first-order valence-corrected chi connectivity index (χ1v) is 15.1. The van der Waals surface area contributed by atoms with Crippen LogP contribution in [0.3, 0.4) is 0 Å². The number of nitrogens with zero attached hydrogens (tertiary/aromatic N) is 7. The van der Waals surface area contributed by atoms with Gasteiger partial charge in [0.05, 0.1) is 28.6 Å². The third-order valence-electron chi connectivity index (χ3n) is 9.67. The van der Waals surface area contributed by atoms with Crippen molar-refractivity contribution in [2.75, 3.05) is 36.0 Å². The van der Waals surface area contributed by atoms with Crippen LogP contribution in [0.25, 0.3) is 16.8 Å². The molecular weight excluding hydrogens is 539 g/mol. The highest BCUT2D eigenvalue weighted by Gasteiger charge is 2.47. The van der Waals surface area contributed by atoms with Gasteiger partial charge in [0.25, 0.3) is 0 Å². The maximum Gasteiger partial charge on any atom is 0.175 e. The predicted molar refractivity (Wildman–Crippen MR) is 155 cm³/mol. The SMILES string of the molecule is N[C@@H]1c2cccnc2CC12CCN(c1nc3ccc(Sc4ccnc5c4OC[C@@H]4C[C@@H](F)CN54)c4ncc1n34)CC2. The van der Waals surface area contributed by atoms with Gasteiger partial charge in [-0.15, -0.1) is 0 Å². The zero-order valence-corrected chi connectivity index (χ0v) is 23.2. The van der Waals surface area contributed by atoms with E-state index in [4.69, 9.17) is 20.4 Å². The number of piperidine rings is 1. The lowest BCUT2D eigenvalue weighted by molar-refractivity contribution is 0.187. The largest absolute Gasteiger partial charge is 0.486 e. The van der Waals surface area contributed by atoms with E-state index in [0.29, 0.717) is 19.6 Å². The standard InChI is InChI=1S/C30H29FN8OS/c31-17-12-18-16-40-25-22(5-9-34-29(25)38(18)15-17)41-23-3-4-24-36-27(21-14-35-28(23)39(21)24)37-10-6-30(7-11-37)13-20-19(26(30)32)2-1-8-33-20/h1-5,8-9,14,17-18,26H,6-7,10-13,15-16,32H2/t17-,18+,26-/m1/s1. The minimum absolute atomic E-state index is 0.0370. The van der Waals surface area contributed by atoms with Gasteiger partial charge in [-0.3, -0.25) is 9.38 Å². The third-order valence-corrected chi connectivity index (χ3v) is 10.7. The van der Waals surface area contributed by atoms with Crippen molar-refractivity contribution in [3.63, 3.8) is 0 Å². The fourth-order valence-corrected chi connectivity index (χ4v) is 8.48. The molecule has 2 fully saturated rings. The number of nitrogens with two attached hydrogens (primary N) is 1. The Morgan fingerprint density at radius 1 is 1.02 bits per heavy atom. The summed E-state index contributed by atoms with van der Waals surface area (Å²) in [7, 11) is 0. The quantitative estimate of drug-likeness (QED) is 0.339. The highest BCUT2D eigenvalue weighted by Crippen LogP contribution is 2.51. The Labute approximate surface area is 240 Å². The molecule has 0 saturated carbocycles. The van der Waals surface area contributed by atoms with E-state index in [9.17, 15) is 4.39 Å². The molecule has 0 radical (unpaired) electrons.